The molecule has 1 aliphatic heterocycles. The van der Waals surface area contributed by atoms with Gasteiger partial charge in [-0.1, -0.05) is 0 Å². The first-order valence-electron chi connectivity index (χ1n) is 5.61. The number of nitrogens with zero attached hydrogens (tertiary/aromatic N) is 5. The number of fused-ring (bicyclic) bond motifs is 1. The maximum Gasteiger partial charge on any atom is 0.158 e. The zero-order chi connectivity index (χ0) is 10.8. The first-order valence-corrected chi connectivity index (χ1v) is 5.61. The lowest BCUT2D eigenvalue weighted by Crippen LogP contribution is -2.30. The quantitative estimate of drug-likeness (QED) is 0.720. The lowest BCUT2D eigenvalue weighted by Gasteiger charge is -2.27. The van der Waals surface area contributed by atoms with Crippen LogP contribution in [0.25, 0.3) is 11.0 Å². The molecule has 1 fully saturated rings. The molecule has 0 amide bonds. The van der Waals surface area contributed by atoms with Crippen LogP contribution in [0.3, 0.4) is 0 Å². The van der Waals surface area contributed by atoms with Crippen LogP contribution < -0.4 is 4.90 Å². The van der Waals surface area contributed by atoms with Crippen molar-refractivity contribution in [1.82, 2.24) is 19.9 Å². The summed E-state index contributed by atoms with van der Waals surface area (Å²) in [7, 11) is 0. The van der Waals surface area contributed by atoms with Gasteiger partial charge in [-0.2, -0.15) is 0 Å². The van der Waals surface area contributed by atoms with Crippen molar-refractivity contribution in [3.63, 3.8) is 0 Å². The van der Waals surface area contributed by atoms with E-state index in [9.17, 15) is 0 Å². The van der Waals surface area contributed by atoms with Gasteiger partial charge < -0.3 is 4.90 Å². The fourth-order valence-corrected chi connectivity index (χ4v) is 2.13. The molecule has 0 atom stereocenters. The third-order valence-electron chi connectivity index (χ3n) is 2.94. The first kappa shape index (κ1) is 9.45. The minimum atomic E-state index is 0.818. The maximum atomic E-state index is 4.36. The molecule has 0 radical (unpaired) electrons. The summed E-state index contributed by atoms with van der Waals surface area (Å²) in [6.45, 7) is 2.13. The molecule has 3 rings (SSSR count). The summed E-state index contributed by atoms with van der Waals surface area (Å²) >= 11 is 0. The van der Waals surface area contributed by atoms with Gasteiger partial charge >= 0.3 is 0 Å². The molecule has 0 aliphatic carbocycles. The van der Waals surface area contributed by atoms with E-state index in [1.165, 1.54) is 19.3 Å². The molecule has 0 aromatic carbocycles. The Bertz CT molecular complexity index is 487. The molecule has 0 spiro atoms. The molecule has 2 aromatic heterocycles. The van der Waals surface area contributed by atoms with Gasteiger partial charge in [0.25, 0.3) is 0 Å². The summed E-state index contributed by atoms with van der Waals surface area (Å²) in [5, 5.41) is 0. The van der Waals surface area contributed by atoms with E-state index in [2.05, 4.69) is 24.8 Å². The van der Waals surface area contributed by atoms with Crippen LogP contribution in [0.2, 0.25) is 0 Å². The Hall–Kier alpha value is -1.78. The van der Waals surface area contributed by atoms with Crippen LogP contribution in [0.5, 0.6) is 0 Å². The fraction of sp³-hybridized carbons (Fsp3) is 0.455. The fourth-order valence-electron chi connectivity index (χ4n) is 2.13. The minimum Gasteiger partial charge on any atom is -0.355 e. The van der Waals surface area contributed by atoms with E-state index in [0.29, 0.717) is 0 Å². The molecule has 2 aromatic rings. The highest BCUT2D eigenvalue weighted by Gasteiger charge is 2.15. The lowest BCUT2D eigenvalue weighted by atomic mass is 10.1. The number of hydrogen-bond donors (Lipinski definition) is 0. The number of piperidine rings is 1. The van der Waals surface area contributed by atoms with E-state index < -0.39 is 0 Å². The number of rotatable bonds is 1. The zero-order valence-corrected chi connectivity index (χ0v) is 9.00. The van der Waals surface area contributed by atoms with Gasteiger partial charge in [0.15, 0.2) is 5.82 Å². The second-order valence-corrected chi connectivity index (χ2v) is 4.00. The Labute approximate surface area is 93.6 Å². The van der Waals surface area contributed by atoms with Crippen molar-refractivity contribution in [3.05, 3.63) is 18.9 Å². The third-order valence-corrected chi connectivity index (χ3v) is 2.94. The van der Waals surface area contributed by atoms with Crippen LogP contribution in [0.4, 0.5) is 5.82 Å². The van der Waals surface area contributed by atoms with Crippen LogP contribution >= 0.6 is 0 Å². The van der Waals surface area contributed by atoms with E-state index in [1.54, 1.807) is 18.9 Å². The van der Waals surface area contributed by atoms with Crippen LogP contribution in [0, 0.1) is 0 Å². The smallest absolute Gasteiger partial charge is 0.158 e. The summed E-state index contributed by atoms with van der Waals surface area (Å²) < 4.78 is 0. The highest BCUT2D eigenvalue weighted by molar-refractivity contribution is 5.84. The number of hydrogen-bond acceptors (Lipinski definition) is 5. The summed E-state index contributed by atoms with van der Waals surface area (Å²) in [4.78, 5) is 19.1. The molecule has 1 aliphatic rings. The molecule has 5 heteroatoms. The van der Waals surface area contributed by atoms with E-state index in [4.69, 9.17) is 0 Å². The monoisotopic (exact) mass is 215 g/mol. The average molecular weight is 215 g/mol. The minimum absolute atomic E-state index is 0.818. The van der Waals surface area contributed by atoms with Gasteiger partial charge in [-0.25, -0.2) is 19.9 Å². The SMILES string of the molecule is c1nc(N2CCCCC2)c2ncncc2n1. The standard InChI is InChI=1S/C11H13N5/c1-2-4-16(5-3-1)11-10-9(13-8-15-11)6-12-7-14-10/h6-8H,1-5H2. The molecule has 0 bridgehead atoms. The number of anilines is 1. The summed E-state index contributed by atoms with van der Waals surface area (Å²) in [6.07, 6.45) is 8.66. The van der Waals surface area contributed by atoms with Crippen LogP contribution in [-0.2, 0) is 0 Å². The van der Waals surface area contributed by atoms with Crippen molar-refractivity contribution in [2.75, 3.05) is 18.0 Å². The van der Waals surface area contributed by atoms with Crippen molar-refractivity contribution in [2.24, 2.45) is 0 Å². The molecule has 0 N–H and O–H groups in total. The van der Waals surface area contributed by atoms with Gasteiger partial charge in [-0.05, 0) is 19.3 Å². The second kappa shape index (κ2) is 4.00. The summed E-state index contributed by atoms with van der Waals surface area (Å²) in [6, 6.07) is 0. The Morgan fingerprint density at radius 2 is 1.81 bits per heavy atom. The lowest BCUT2D eigenvalue weighted by molar-refractivity contribution is 0.574. The summed E-state index contributed by atoms with van der Waals surface area (Å²) in [5.41, 5.74) is 1.68. The van der Waals surface area contributed by atoms with Gasteiger partial charge in [0.2, 0.25) is 0 Å². The normalized spacial score (nSPS) is 16.6. The van der Waals surface area contributed by atoms with Crippen molar-refractivity contribution in [1.29, 1.82) is 0 Å². The third kappa shape index (κ3) is 1.58. The van der Waals surface area contributed by atoms with Crippen molar-refractivity contribution in [2.45, 2.75) is 19.3 Å². The predicted molar refractivity (Wildman–Crippen MR) is 61.2 cm³/mol. The topological polar surface area (TPSA) is 54.8 Å². The van der Waals surface area contributed by atoms with Gasteiger partial charge in [0, 0.05) is 13.1 Å². The van der Waals surface area contributed by atoms with E-state index in [1.807, 2.05) is 0 Å². The predicted octanol–water partition coefficient (Wildman–Crippen LogP) is 1.41. The van der Waals surface area contributed by atoms with Crippen LogP contribution in [-0.4, -0.2) is 33.0 Å². The molecule has 82 valence electrons. The van der Waals surface area contributed by atoms with E-state index in [-0.39, 0.29) is 0 Å². The van der Waals surface area contributed by atoms with Crippen LogP contribution in [0.1, 0.15) is 19.3 Å². The Kier molecular flexibility index (Phi) is 2.36. The second-order valence-electron chi connectivity index (χ2n) is 4.00. The molecule has 0 unspecified atom stereocenters. The summed E-state index contributed by atoms with van der Waals surface area (Å²) in [5.74, 6) is 0.951. The molecular weight excluding hydrogens is 202 g/mol. The van der Waals surface area contributed by atoms with E-state index >= 15 is 0 Å². The van der Waals surface area contributed by atoms with Crippen molar-refractivity contribution >= 4 is 16.9 Å². The van der Waals surface area contributed by atoms with Gasteiger partial charge in [0.1, 0.15) is 23.7 Å². The average Bonchev–Trinajstić information content (AvgIpc) is 2.39. The van der Waals surface area contributed by atoms with E-state index in [0.717, 1.165) is 29.9 Å². The Morgan fingerprint density at radius 1 is 0.938 bits per heavy atom. The van der Waals surface area contributed by atoms with Gasteiger partial charge in [-0.15, -0.1) is 0 Å². The largest absolute Gasteiger partial charge is 0.355 e. The van der Waals surface area contributed by atoms with Crippen molar-refractivity contribution < 1.29 is 0 Å². The molecular formula is C11H13N5. The van der Waals surface area contributed by atoms with Crippen molar-refractivity contribution in [3.8, 4) is 0 Å². The number of aromatic nitrogens is 4. The van der Waals surface area contributed by atoms with Gasteiger partial charge in [0.05, 0.1) is 6.20 Å². The first-order chi connectivity index (χ1) is 7.95. The molecule has 3 heterocycles. The molecule has 1 saturated heterocycles. The molecule has 0 saturated carbocycles. The van der Waals surface area contributed by atoms with Crippen LogP contribution in [0.15, 0.2) is 18.9 Å². The van der Waals surface area contributed by atoms with Gasteiger partial charge in [-0.3, -0.25) is 0 Å². The molecule has 5 nitrogen and oxygen atoms in total. The Morgan fingerprint density at radius 3 is 2.69 bits per heavy atom. The molecule has 16 heavy (non-hydrogen) atoms. The zero-order valence-electron chi connectivity index (χ0n) is 9.00. The highest BCUT2D eigenvalue weighted by atomic mass is 15.2. The highest BCUT2D eigenvalue weighted by Crippen LogP contribution is 2.22. The maximum absolute atomic E-state index is 4.36. The Balaban J connectivity index is 2.08.